The van der Waals surface area contributed by atoms with Crippen LogP contribution in [0.2, 0.25) is 0 Å². The number of nitrogens with zero attached hydrogens (tertiary/aromatic N) is 2. The van der Waals surface area contributed by atoms with Crippen LogP contribution in [0.25, 0.3) is 0 Å². The first-order chi connectivity index (χ1) is 11.1. The molecule has 0 bridgehead atoms. The molecular weight excluding hydrogens is 286 g/mol. The fourth-order valence-electron chi connectivity index (χ4n) is 4.30. The Morgan fingerprint density at radius 1 is 1.26 bits per heavy atom. The molecule has 1 amide bonds. The summed E-state index contributed by atoms with van der Waals surface area (Å²) < 4.78 is 0. The zero-order chi connectivity index (χ0) is 16.3. The lowest BCUT2D eigenvalue weighted by atomic mass is 9.84. The maximum absolute atomic E-state index is 11.3. The van der Waals surface area contributed by atoms with Gasteiger partial charge in [0.2, 0.25) is 5.91 Å². The van der Waals surface area contributed by atoms with Crippen molar-refractivity contribution in [2.75, 3.05) is 33.2 Å². The molecule has 0 unspecified atom stereocenters. The number of amides is 1. The topological polar surface area (TPSA) is 35.6 Å². The van der Waals surface area contributed by atoms with Crippen molar-refractivity contribution in [1.82, 2.24) is 15.1 Å². The second-order valence-electron chi connectivity index (χ2n) is 7.28. The highest BCUT2D eigenvalue weighted by molar-refractivity contribution is 5.73. The third-order valence-corrected chi connectivity index (χ3v) is 5.68. The van der Waals surface area contributed by atoms with E-state index in [2.05, 4.69) is 52.5 Å². The molecule has 2 saturated heterocycles. The number of nitrogens with one attached hydrogen (secondary N) is 1. The van der Waals surface area contributed by atoms with Crippen LogP contribution in [0.5, 0.6) is 0 Å². The van der Waals surface area contributed by atoms with E-state index >= 15 is 0 Å². The number of carbonyl (C=O) groups is 1. The summed E-state index contributed by atoms with van der Waals surface area (Å²) in [6.07, 6.45) is 4.68. The SMILES string of the molecule is CC(=O)N[C@@H]1CN(C)C2(CCN(CCc3ccccc3)CC2)C1. The Labute approximate surface area is 139 Å². The quantitative estimate of drug-likeness (QED) is 0.922. The Morgan fingerprint density at radius 2 is 1.96 bits per heavy atom. The average molecular weight is 315 g/mol. The Hall–Kier alpha value is -1.39. The largest absolute Gasteiger partial charge is 0.352 e. The first-order valence-electron chi connectivity index (χ1n) is 8.82. The molecule has 0 aliphatic carbocycles. The van der Waals surface area contributed by atoms with E-state index in [9.17, 15) is 4.79 Å². The summed E-state index contributed by atoms with van der Waals surface area (Å²) in [4.78, 5) is 16.4. The third kappa shape index (κ3) is 3.93. The van der Waals surface area contributed by atoms with E-state index in [1.807, 2.05) is 0 Å². The minimum absolute atomic E-state index is 0.0979. The van der Waals surface area contributed by atoms with E-state index in [0.717, 1.165) is 25.9 Å². The molecule has 1 N–H and O–H groups in total. The van der Waals surface area contributed by atoms with Gasteiger partial charge in [-0.05, 0) is 51.4 Å². The highest BCUT2D eigenvalue weighted by atomic mass is 16.1. The zero-order valence-electron chi connectivity index (χ0n) is 14.4. The fraction of sp³-hybridized carbons (Fsp3) is 0.632. The summed E-state index contributed by atoms with van der Waals surface area (Å²) in [5.74, 6) is 0.0979. The summed E-state index contributed by atoms with van der Waals surface area (Å²) in [6.45, 7) is 6.10. The van der Waals surface area contributed by atoms with Crippen molar-refractivity contribution in [1.29, 1.82) is 0 Å². The standard InChI is InChI=1S/C19H29N3O/c1-16(23)20-18-14-19(21(2)15-18)9-12-22(13-10-19)11-8-17-6-4-3-5-7-17/h3-7,18H,8-15H2,1-2H3,(H,20,23)/t18-/m0/s1. The minimum Gasteiger partial charge on any atom is -0.352 e. The van der Waals surface area contributed by atoms with Crippen LogP contribution in [0.1, 0.15) is 31.7 Å². The molecular formula is C19H29N3O. The van der Waals surface area contributed by atoms with Crippen molar-refractivity contribution in [3.05, 3.63) is 35.9 Å². The van der Waals surface area contributed by atoms with Crippen molar-refractivity contribution < 1.29 is 4.79 Å². The number of piperidine rings is 1. The predicted octanol–water partition coefficient (Wildman–Crippen LogP) is 1.90. The van der Waals surface area contributed by atoms with E-state index in [-0.39, 0.29) is 5.91 Å². The number of rotatable bonds is 4. The number of hydrogen-bond donors (Lipinski definition) is 1. The highest BCUT2D eigenvalue weighted by Gasteiger charge is 2.45. The maximum Gasteiger partial charge on any atom is 0.217 e. The van der Waals surface area contributed by atoms with E-state index in [1.165, 1.54) is 31.5 Å². The van der Waals surface area contributed by atoms with Crippen molar-refractivity contribution >= 4 is 5.91 Å². The Morgan fingerprint density at radius 3 is 2.61 bits per heavy atom. The van der Waals surface area contributed by atoms with Gasteiger partial charge in [-0.25, -0.2) is 0 Å². The summed E-state index contributed by atoms with van der Waals surface area (Å²) in [5, 5.41) is 3.11. The monoisotopic (exact) mass is 315 g/mol. The van der Waals surface area contributed by atoms with Crippen LogP contribution in [-0.4, -0.2) is 60.5 Å². The molecule has 2 aliphatic heterocycles. The second kappa shape index (κ2) is 7.02. The second-order valence-corrected chi connectivity index (χ2v) is 7.28. The van der Waals surface area contributed by atoms with Crippen LogP contribution in [0.4, 0.5) is 0 Å². The van der Waals surface area contributed by atoms with Crippen LogP contribution in [-0.2, 0) is 11.2 Å². The van der Waals surface area contributed by atoms with Gasteiger partial charge in [0.25, 0.3) is 0 Å². The van der Waals surface area contributed by atoms with Crippen LogP contribution >= 0.6 is 0 Å². The lowest BCUT2D eigenvalue weighted by Crippen LogP contribution is -2.51. The first kappa shape index (κ1) is 16.5. The van der Waals surface area contributed by atoms with E-state index < -0.39 is 0 Å². The van der Waals surface area contributed by atoms with Crippen molar-refractivity contribution in [3.63, 3.8) is 0 Å². The molecule has 0 radical (unpaired) electrons. The van der Waals surface area contributed by atoms with Gasteiger partial charge in [0.05, 0.1) is 0 Å². The molecule has 126 valence electrons. The van der Waals surface area contributed by atoms with E-state index in [4.69, 9.17) is 0 Å². The normalized spacial score (nSPS) is 24.9. The molecule has 1 atom stereocenters. The lowest BCUT2D eigenvalue weighted by molar-refractivity contribution is -0.119. The van der Waals surface area contributed by atoms with Crippen LogP contribution in [0.15, 0.2) is 30.3 Å². The minimum atomic E-state index is 0.0979. The molecule has 1 spiro atoms. The Balaban J connectivity index is 1.49. The zero-order valence-corrected chi connectivity index (χ0v) is 14.4. The third-order valence-electron chi connectivity index (χ3n) is 5.68. The van der Waals surface area contributed by atoms with Gasteiger partial charge in [0.1, 0.15) is 0 Å². The van der Waals surface area contributed by atoms with Gasteiger partial charge < -0.3 is 10.2 Å². The van der Waals surface area contributed by atoms with E-state index in [1.54, 1.807) is 6.92 Å². The van der Waals surface area contributed by atoms with Crippen molar-refractivity contribution in [3.8, 4) is 0 Å². The summed E-state index contributed by atoms with van der Waals surface area (Å²) >= 11 is 0. The molecule has 23 heavy (non-hydrogen) atoms. The number of likely N-dealkylation sites (N-methyl/N-ethyl adjacent to an activating group) is 1. The molecule has 0 aromatic heterocycles. The van der Waals surface area contributed by atoms with Crippen LogP contribution in [0, 0.1) is 0 Å². The molecule has 1 aromatic rings. The number of benzene rings is 1. The number of carbonyl (C=O) groups excluding carboxylic acids is 1. The molecule has 1 aromatic carbocycles. The molecule has 0 saturated carbocycles. The maximum atomic E-state index is 11.3. The number of hydrogen-bond acceptors (Lipinski definition) is 3. The van der Waals surface area contributed by atoms with Crippen LogP contribution < -0.4 is 5.32 Å². The molecule has 4 nitrogen and oxygen atoms in total. The number of likely N-dealkylation sites (tertiary alicyclic amines) is 2. The van der Waals surface area contributed by atoms with Gasteiger partial charge in [0.15, 0.2) is 0 Å². The van der Waals surface area contributed by atoms with Crippen molar-refractivity contribution in [2.45, 2.75) is 44.2 Å². The first-order valence-corrected chi connectivity index (χ1v) is 8.82. The molecule has 2 fully saturated rings. The lowest BCUT2D eigenvalue weighted by Gasteiger charge is -2.43. The van der Waals surface area contributed by atoms with Gasteiger partial charge in [-0.3, -0.25) is 9.69 Å². The smallest absolute Gasteiger partial charge is 0.217 e. The molecule has 4 heteroatoms. The van der Waals surface area contributed by atoms with Gasteiger partial charge in [-0.15, -0.1) is 0 Å². The molecule has 2 aliphatic rings. The van der Waals surface area contributed by atoms with E-state index in [0.29, 0.717) is 11.6 Å². The highest BCUT2D eigenvalue weighted by Crippen LogP contribution is 2.37. The van der Waals surface area contributed by atoms with Crippen molar-refractivity contribution in [2.24, 2.45) is 0 Å². The van der Waals surface area contributed by atoms with Gasteiger partial charge in [-0.1, -0.05) is 30.3 Å². The summed E-state index contributed by atoms with van der Waals surface area (Å²) in [6, 6.07) is 11.1. The summed E-state index contributed by atoms with van der Waals surface area (Å²) in [7, 11) is 2.22. The summed E-state index contributed by atoms with van der Waals surface area (Å²) in [5.41, 5.74) is 1.73. The van der Waals surface area contributed by atoms with Crippen LogP contribution in [0.3, 0.4) is 0 Å². The molecule has 3 rings (SSSR count). The van der Waals surface area contributed by atoms with Gasteiger partial charge in [0, 0.05) is 31.6 Å². The average Bonchev–Trinajstić information content (AvgIpc) is 2.82. The fourth-order valence-corrected chi connectivity index (χ4v) is 4.30. The Kier molecular flexibility index (Phi) is 5.02. The Bertz CT molecular complexity index is 523. The predicted molar refractivity (Wildman–Crippen MR) is 93.4 cm³/mol. The van der Waals surface area contributed by atoms with Gasteiger partial charge >= 0.3 is 0 Å². The van der Waals surface area contributed by atoms with Gasteiger partial charge in [-0.2, -0.15) is 0 Å². The molecule has 2 heterocycles.